The predicted octanol–water partition coefficient (Wildman–Crippen LogP) is 2.24. The van der Waals surface area contributed by atoms with Crippen molar-refractivity contribution in [1.29, 1.82) is 0 Å². The van der Waals surface area contributed by atoms with Crippen LogP contribution in [0.2, 0.25) is 6.04 Å². The van der Waals surface area contributed by atoms with Crippen LogP contribution in [0.4, 0.5) is 0 Å². The molecule has 0 saturated carbocycles. The third kappa shape index (κ3) is 4.68. The SMILES string of the molecule is CC(=O)O.OCC[Si](c1ccccc1)(c1ccccc1)c1ccccc1. The van der Waals surface area contributed by atoms with Gasteiger partial charge in [-0.15, -0.1) is 0 Å². The van der Waals surface area contributed by atoms with Crippen LogP contribution in [-0.2, 0) is 4.79 Å². The van der Waals surface area contributed by atoms with Crippen LogP contribution in [0.3, 0.4) is 0 Å². The Morgan fingerprint density at radius 1 is 0.731 bits per heavy atom. The molecule has 0 aliphatic heterocycles. The van der Waals surface area contributed by atoms with Gasteiger partial charge >= 0.3 is 0 Å². The number of hydrogen-bond donors (Lipinski definition) is 2. The zero-order valence-corrected chi connectivity index (χ0v) is 15.9. The Labute approximate surface area is 155 Å². The van der Waals surface area contributed by atoms with Crippen molar-refractivity contribution in [2.45, 2.75) is 13.0 Å². The van der Waals surface area contributed by atoms with Crippen molar-refractivity contribution in [3.05, 3.63) is 91.0 Å². The van der Waals surface area contributed by atoms with Crippen molar-refractivity contribution < 1.29 is 15.0 Å². The van der Waals surface area contributed by atoms with Gasteiger partial charge in [0.2, 0.25) is 0 Å². The van der Waals surface area contributed by atoms with E-state index >= 15 is 0 Å². The molecule has 0 aliphatic rings. The van der Waals surface area contributed by atoms with Gasteiger partial charge in [-0.3, -0.25) is 4.79 Å². The number of aliphatic hydroxyl groups is 1. The number of rotatable bonds is 5. The molecular weight excluding hydrogens is 340 g/mol. The van der Waals surface area contributed by atoms with Crippen LogP contribution >= 0.6 is 0 Å². The summed E-state index contributed by atoms with van der Waals surface area (Å²) in [5, 5.41) is 21.3. The Hall–Kier alpha value is -2.69. The fraction of sp³-hybridized carbons (Fsp3) is 0.136. The summed E-state index contributed by atoms with van der Waals surface area (Å²) < 4.78 is 0. The summed E-state index contributed by atoms with van der Waals surface area (Å²) in [6, 6.07) is 32.8. The molecule has 0 aliphatic carbocycles. The number of aliphatic carboxylic acids is 1. The molecule has 0 atom stereocenters. The topological polar surface area (TPSA) is 57.5 Å². The van der Waals surface area contributed by atoms with Crippen LogP contribution in [0.15, 0.2) is 91.0 Å². The van der Waals surface area contributed by atoms with Gasteiger partial charge in [-0.2, -0.15) is 0 Å². The van der Waals surface area contributed by atoms with E-state index in [4.69, 9.17) is 9.90 Å². The summed E-state index contributed by atoms with van der Waals surface area (Å²) in [6.45, 7) is 1.28. The van der Waals surface area contributed by atoms with Gasteiger partial charge in [-0.1, -0.05) is 91.0 Å². The minimum atomic E-state index is -2.17. The molecule has 0 saturated heterocycles. The Bertz CT molecular complexity index is 689. The normalized spacial score (nSPS) is 10.5. The first-order valence-electron chi connectivity index (χ1n) is 8.58. The molecule has 134 valence electrons. The molecule has 26 heavy (non-hydrogen) atoms. The lowest BCUT2D eigenvalue weighted by Gasteiger charge is -2.33. The van der Waals surface area contributed by atoms with E-state index in [2.05, 4.69) is 91.0 Å². The van der Waals surface area contributed by atoms with E-state index in [9.17, 15) is 5.11 Å². The maximum atomic E-state index is 9.82. The Balaban J connectivity index is 0.000000552. The average Bonchev–Trinajstić information content (AvgIpc) is 2.68. The second kappa shape index (κ2) is 9.70. The molecule has 3 rings (SSSR count). The van der Waals surface area contributed by atoms with E-state index in [1.807, 2.05) is 0 Å². The van der Waals surface area contributed by atoms with E-state index in [-0.39, 0.29) is 6.61 Å². The number of benzene rings is 3. The highest BCUT2D eigenvalue weighted by Crippen LogP contribution is 2.12. The summed E-state index contributed by atoms with van der Waals surface area (Å²) in [5.41, 5.74) is 0. The maximum Gasteiger partial charge on any atom is 0.300 e. The molecule has 3 aromatic rings. The van der Waals surface area contributed by atoms with Crippen molar-refractivity contribution in [1.82, 2.24) is 0 Å². The molecule has 3 nitrogen and oxygen atoms in total. The molecule has 2 N–H and O–H groups in total. The van der Waals surface area contributed by atoms with Gasteiger partial charge in [-0.25, -0.2) is 0 Å². The second-order valence-electron chi connectivity index (χ2n) is 6.00. The fourth-order valence-corrected chi connectivity index (χ4v) is 7.75. The molecule has 0 heterocycles. The minimum absolute atomic E-state index is 0.199. The van der Waals surface area contributed by atoms with Gasteiger partial charge in [0.1, 0.15) is 0 Å². The molecule has 0 fully saturated rings. The maximum absolute atomic E-state index is 9.82. The second-order valence-corrected chi connectivity index (χ2v) is 10.0. The van der Waals surface area contributed by atoms with Crippen LogP contribution < -0.4 is 15.6 Å². The number of carboxylic acids is 1. The number of carbonyl (C=O) groups is 1. The molecule has 0 radical (unpaired) electrons. The Morgan fingerprint density at radius 2 is 1.00 bits per heavy atom. The quantitative estimate of drug-likeness (QED) is 0.539. The molecule has 4 heteroatoms. The highest BCUT2D eigenvalue weighted by atomic mass is 28.3. The Morgan fingerprint density at radius 3 is 1.23 bits per heavy atom. The van der Waals surface area contributed by atoms with Crippen molar-refractivity contribution in [3.8, 4) is 0 Å². The van der Waals surface area contributed by atoms with Crippen LogP contribution in [0.1, 0.15) is 6.92 Å². The zero-order chi connectivity index (χ0) is 18.8. The monoisotopic (exact) mass is 364 g/mol. The van der Waals surface area contributed by atoms with Crippen LogP contribution in [0, 0.1) is 0 Å². The van der Waals surface area contributed by atoms with Crippen molar-refractivity contribution >= 4 is 29.6 Å². The van der Waals surface area contributed by atoms with E-state index in [1.54, 1.807) is 0 Å². The molecule has 0 amide bonds. The van der Waals surface area contributed by atoms with Crippen molar-refractivity contribution in [2.24, 2.45) is 0 Å². The van der Waals surface area contributed by atoms with Crippen molar-refractivity contribution in [3.63, 3.8) is 0 Å². The van der Waals surface area contributed by atoms with E-state index in [0.717, 1.165) is 13.0 Å². The number of aliphatic hydroxyl groups excluding tert-OH is 1. The number of carboxylic acid groups (broad SMARTS) is 1. The highest BCUT2D eigenvalue weighted by molar-refractivity contribution is 7.11. The third-order valence-corrected chi connectivity index (χ3v) is 9.22. The summed E-state index contributed by atoms with van der Waals surface area (Å²) in [6.07, 6.45) is 0. The summed E-state index contributed by atoms with van der Waals surface area (Å²) in [4.78, 5) is 9.00. The first-order valence-corrected chi connectivity index (χ1v) is 10.8. The fourth-order valence-electron chi connectivity index (χ4n) is 3.27. The number of hydrogen-bond acceptors (Lipinski definition) is 2. The summed E-state index contributed by atoms with van der Waals surface area (Å²) in [7, 11) is -2.17. The molecule has 0 aromatic heterocycles. The first-order chi connectivity index (χ1) is 12.6. The lowest BCUT2D eigenvalue weighted by Crippen LogP contribution is -2.67. The Kier molecular flexibility index (Phi) is 7.33. The molecular formula is C22H24O3Si. The van der Waals surface area contributed by atoms with E-state index in [0.29, 0.717) is 0 Å². The molecule has 0 bridgehead atoms. The lowest BCUT2D eigenvalue weighted by atomic mass is 10.3. The van der Waals surface area contributed by atoms with Crippen LogP contribution in [0.25, 0.3) is 0 Å². The van der Waals surface area contributed by atoms with Gasteiger partial charge in [0, 0.05) is 13.5 Å². The van der Waals surface area contributed by atoms with Gasteiger partial charge in [0.25, 0.3) is 5.97 Å². The third-order valence-electron chi connectivity index (χ3n) is 4.29. The van der Waals surface area contributed by atoms with Gasteiger partial charge < -0.3 is 10.2 Å². The van der Waals surface area contributed by atoms with Crippen molar-refractivity contribution in [2.75, 3.05) is 6.61 Å². The largest absolute Gasteiger partial charge is 0.481 e. The minimum Gasteiger partial charge on any atom is -0.481 e. The van der Waals surface area contributed by atoms with Gasteiger partial charge in [-0.05, 0) is 21.6 Å². The van der Waals surface area contributed by atoms with E-state index < -0.39 is 14.0 Å². The summed E-state index contributed by atoms with van der Waals surface area (Å²) >= 11 is 0. The smallest absolute Gasteiger partial charge is 0.300 e. The van der Waals surface area contributed by atoms with Crippen LogP contribution in [0.5, 0.6) is 0 Å². The zero-order valence-electron chi connectivity index (χ0n) is 14.9. The summed E-state index contributed by atoms with van der Waals surface area (Å²) in [5.74, 6) is -0.833. The predicted molar refractivity (Wildman–Crippen MR) is 109 cm³/mol. The van der Waals surface area contributed by atoms with Gasteiger partial charge in [0.15, 0.2) is 8.07 Å². The highest BCUT2D eigenvalue weighted by Gasteiger charge is 2.38. The average molecular weight is 365 g/mol. The standard InChI is InChI=1S/C20H20OSi.C2H4O2/c21-16-17-22(18-10-4-1-5-11-18,19-12-6-2-7-13-19)20-14-8-3-9-15-20;1-2(3)4/h1-15,21H,16-17H2;1H3,(H,3,4). The van der Waals surface area contributed by atoms with Gasteiger partial charge in [0.05, 0.1) is 0 Å². The lowest BCUT2D eigenvalue weighted by molar-refractivity contribution is -0.134. The first kappa shape index (κ1) is 19.6. The molecule has 3 aromatic carbocycles. The molecule has 0 unspecified atom stereocenters. The van der Waals surface area contributed by atoms with E-state index in [1.165, 1.54) is 15.6 Å². The molecule has 0 spiro atoms. The van der Waals surface area contributed by atoms with Crippen LogP contribution in [-0.4, -0.2) is 30.9 Å².